The van der Waals surface area contributed by atoms with E-state index in [1.807, 2.05) is 7.05 Å². The lowest BCUT2D eigenvalue weighted by molar-refractivity contribution is -0.159. The molecule has 7 nitrogen and oxygen atoms in total. The van der Waals surface area contributed by atoms with Crippen molar-refractivity contribution in [3.05, 3.63) is 0 Å². The van der Waals surface area contributed by atoms with Gasteiger partial charge in [0.1, 0.15) is 0 Å². The number of likely N-dealkylation sites (tertiary alicyclic amines) is 1. The van der Waals surface area contributed by atoms with E-state index in [-0.39, 0.29) is 12.1 Å². The lowest BCUT2D eigenvalue weighted by Gasteiger charge is -2.11. The Morgan fingerprint density at radius 2 is 1.81 bits per heavy atom. The number of hydrogen-bond donors (Lipinski definition) is 4. The fraction of sp³-hybridized carbons (Fsp3) is 0.778. The first-order chi connectivity index (χ1) is 7.42. The van der Waals surface area contributed by atoms with Gasteiger partial charge in [0.15, 0.2) is 0 Å². The lowest BCUT2D eigenvalue weighted by atomic mass is 10.2. The fourth-order valence-electron chi connectivity index (χ4n) is 1.41. The molecule has 1 heterocycles. The van der Waals surface area contributed by atoms with E-state index in [0.29, 0.717) is 0 Å². The number of aliphatic hydroxyl groups excluding tert-OH is 1. The normalized spacial score (nSPS) is 24.7. The minimum Gasteiger partial charge on any atom is -0.473 e. The van der Waals surface area contributed by atoms with Gasteiger partial charge in [-0.1, -0.05) is 6.92 Å². The highest BCUT2D eigenvalue weighted by Crippen LogP contribution is 2.08. The summed E-state index contributed by atoms with van der Waals surface area (Å²) in [6.07, 6.45) is -0.176. The summed E-state index contributed by atoms with van der Waals surface area (Å²) in [4.78, 5) is 20.4. The number of carboxylic acids is 2. The summed E-state index contributed by atoms with van der Waals surface area (Å²) >= 11 is 0. The van der Waals surface area contributed by atoms with Gasteiger partial charge in [0.25, 0.3) is 0 Å². The van der Waals surface area contributed by atoms with Gasteiger partial charge in [-0.15, -0.1) is 0 Å². The number of hydrogen-bond acceptors (Lipinski definition) is 5. The quantitative estimate of drug-likeness (QED) is 0.427. The molecule has 0 aliphatic carbocycles. The zero-order valence-electron chi connectivity index (χ0n) is 9.38. The molecule has 0 amide bonds. The SMILES string of the molecule is CCN1C[C@@H](O)[C@H](NC)C1.O=C(O)C(=O)O. The molecule has 4 N–H and O–H groups in total. The summed E-state index contributed by atoms with van der Waals surface area (Å²) in [6.45, 7) is 4.95. The molecule has 0 aromatic rings. The summed E-state index contributed by atoms with van der Waals surface area (Å²) in [5.41, 5.74) is 0. The molecule has 1 fully saturated rings. The first kappa shape index (κ1) is 14.8. The molecule has 0 saturated carbocycles. The maximum absolute atomic E-state index is 9.39. The second kappa shape index (κ2) is 7.15. The van der Waals surface area contributed by atoms with Crippen LogP contribution in [0.2, 0.25) is 0 Å². The highest BCUT2D eigenvalue weighted by molar-refractivity contribution is 6.27. The second-order valence-electron chi connectivity index (χ2n) is 3.43. The molecule has 0 spiro atoms. The molecule has 0 bridgehead atoms. The Hall–Kier alpha value is -1.18. The van der Waals surface area contributed by atoms with Crippen LogP contribution >= 0.6 is 0 Å². The first-order valence-electron chi connectivity index (χ1n) is 4.96. The molecule has 0 aromatic carbocycles. The van der Waals surface area contributed by atoms with Crippen molar-refractivity contribution in [1.82, 2.24) is 10.2 Å². The zero-order chi connectivity index (χ0) is 12.7. The highest BCUT2D eigenvalue weighted by atomic mass is 16.4. The summed E-state index contributed by atoms with van der Waals surface area (Å²) in [5.74, 6) is -3.65. The van der Waals surface area contributed by atoms with Gasteiger partial charge in [-0.3, -0.25) is 4.90 Å². The van der Waals surface area contributed by atoms with Crippen molar-refractivity contribution in [3.63, 3.8) is 0 Å². The molecule has 1 aliphatic rings. The maximum atomic E-state index is 9.39. The Morgan fingerprint density at radius 3 is 2.00 bits per heavy atom. The van der Waals surface area contributed by atoms with E-state index in [0.717, 1.165) is 19.6 Å². The predicted molar refractivity (Wildman–Crippen MR) is 56.2 cm³/mol. The van der Waals surface area contributed by atoms with Crippen molar-refractivity contribution in [2.75, 3.05) is 26.7 Å². The van der Waals surface area contributed by atoms with E-state index < -0.39 is 11.9 Å². The summed E-state index contributed by atoms with van der Waals surface area (Å²) in [6, 6.07) is 0.278. The van der Waals surface area contributed by atoms with E-state index in [1.54, 1.807) is 0 Å². The number of carboxylic acid groups (broad SMARTS) is 2. The number of aliphatic hydroxyl groups is 1. The van der Waals surface area contributed by atoms with Crippen LogP contribution in [0.5, 0.6) is 0 Å². The van der Waals surface area contributed by atoms with Gasteiger partial charge in [0.2, 0.25) is 0 Å². The molecule has 2 atom stereocenters. The van der Waals surface area contributed by atoms with Crippen LogP contribution in [-0.4, -0.2) is 71.0 Å². The van der Waals surface area contributed by atoms with Crippen LogP contribution in [0.4, 0.5) is 0 Å². The van der Waals surface area contributed by atoms with E-state index in [2.05, 4.69) is 17.1 Å². The van der Waals surface area contributed by atoms with Crippen molar-refractivity contribution in [3.8, 4) is 0 Å². The Bertz CT molecular complexity index is 234. The second-order valence-corrected chi connectivity index (χ2v) is 3.43. The van der Waals surface area contributed by atoms with Gasteiger partial charge in [0, 0.05) is 19.1 Å². The van der Waals surface area contributed by atoms with Crippen molar-refractivity contribution < 1.29 is 24.9 Å². The first-order valence-corrected chi connectivity index (χ1v) is 4.96. The Morgan fingerprint density at radius 1 is 1.31 bits per heavy atom. The van der Waals surface area contributed by atoms with Crippen molar-refractivity contribution in [2.24, 2.45) is 0 Å². The summed E-state index contributed by atoms with van der Waals surface area (Å²) < 4.78 is 0. The summed E-state index contributed by atoms with van der Waals surface area (Å²) in [5, 5.41) is 27.3. The third-order valence-electron chi connectivity index (χ3n) is 2.37. The van der Waals surface area contributed by atoms with Crippen LogP contribution in [0, 0.1) is 0 Å². The van der Waals surface area contributed by atoms with Gasteiger partial charge < -0.3 is 20.6 Å². The molecule has 1 saturated heterocycles. The third-order valence-corrected chi connectivity index (χ3v) is 2.37. The lowest BCUT2D eigenvalue weighted by Crippen LogP contribution is -2.36. The minimum absolute atomic E-state index is 0.176. The van der Waals surface area contributed by atoms with Crippen LogP contribution in [-0.2, 0) is 9.59 Å². The van der Waals surface area contributed by atoms with Gasteiger partial charge in [-0.25, -0.2) is 9.59 Å². The van der Waals surface area contributed by atoms with E-state index in [4.69, 9.17) is 19.8 Å². The number of nitrogens with one attached hydrogen (secondary N) is 1. The molecule has 16 heavy (non-hydrogen) atoms. The monoisotopic (exact) mass is 234 g/mol. The maximum Gasteiger partial charge on any atom is 0.414 e. The molecule has 1 aliphatic heterocycles. The van der Waals surface area contributed by atoms with E-state index in [9.17, 15) is 5.11 Å². The molecule has 0 radical (unpaired) electrons. The highest BCUT2D eigenvalue weighted by Gasteiger charge is 2.28. The van der Waals surface area contributed by atoms with E-state index >= 15 is 0 Å². The molecule has 0 aromatic heterocycles. The number of β-amino-alcohol motifs (C(OH)–C–C–N with tert-alkyl or cyclic N) is 1. The van der Waals surface area contributed by atoms with Crippen LogP contribution in [0.3, 0.4) is 0 Å². The van der Waals surface area contributed by atoms with E-state index in [1.165, 1.54) is 0 Å². The summed E-state index contributed by atoms with van der Waals surface area (Å²) in [7, 11) is 1.90. The number of rotatable bonds is 2. The molecule has 0 unspecified atom stereocenters. The average molecular weight is 234 g/mol. The molecular weight excluding hydrogens is 216 g/mol. The largest absolute Gasteiger partial charge is 0.473 e. The average Bonchev–Trinajstić information content (AvgIpc) is 2.59. The Kier molecular flexibility index (Phi) is 6.63. The predicted octanol–water partition coefficient (Wildman–Crippen LogP) is -1.57. The minimum atomic E-state index is -1.82. The van der Waals surface area contributed by atoms with Crippen molar-refractivity contribution >= 4 is 11.9 Å². The smallest absolute Gasteiger partial charge is 0.414 e. The van der Waals surface area contributed by atoms with Gasteiger partial charge >= 0.3 is 11.9 Å². The molecule has 7 heteroatoms. The van der Waals surface area contributed by atoms with Crippen molar-refractivity contribution in [2.45, 2.75) is 19.1 Å². The number of likely N-dealkylation sites (N-methyl/N-ethyl adjacent to an activating group) is 2. The van der Waals surface area contributed by atoms with Gasteiger partial charge in [0.05, 0.1) is 6.10 Å². The molecule has 94 valence electrons. The van der Waals surface area contributed by atoms with Crippen molar-refractivity contribution in [1.29, 1.82) is 0 Å². The Balaban J connectivity index is 0.000000325. The van der Waals surface area contributed by atoms with Gasteiger partial charge in [-0.2, -0.15) is 0 Å². The van der Waals surface area contributed by atoms with Crippen LogP contribution in [0.25, 0.3) is 0 Å². The Labute approximate surface area is 93.7 Å². The van der Waals surface area contributed by atoms with Gasteiger partial charge in [-0.05, 0) is 13.6 Å². The van der Waals surface area contributed by atoms with Crippen LogP contribution in [0.1, 0.15) is 6.92 Å². The standard InChI is InChI=1S/C7H16N2O.C2H2O4/c1-3-9-4-6(8-2)7(10)5-9;3-1(4)2(5)6/h6-8,10H,3-5H2,1-2H3;(H,3,4)(H,5,6)/t6-,7-;/m1./s1. The topological polar surface area (TPSA) is 110 Å². The third kappa shape index (κ3) is 5.06. The number of aliphatic carboxylic acids is 2. The van der Waals surface area contributed by atoms with Crippen LogP contribution in [0.15, 0.2) is 0 Å². The zero-order valence-corrected chi connectivity index (χ0v) is 9.38. The van der Waals surface area contributed by atoms with Crippen LogP contribution < -0.4 is 5.32 Å². The molecule has 1 rings (SSSR count). The fourth-order valence-corrected chi connectivity index (χ4v) is 1.41. The number of nitrogens with zero attached hydrogens (tertiary/aromatic N) is 1. The number of carbonyl (C=O) groups is 2. The molecular formula is C9H18N2O5.